The largest absolute Gasteiger partial charge is 0.310 e. The van der Waals surface area contributed by atoms with Crippen molar-refractivity contribution in [2.24, 2.45) is 0 Å². The van der Waals surface area contributed by atoms with Gasteiger partial charge in [0.2, 0.25) is 0 Å². The van der Waals surface area contributed by atoms with Gasteiger partial charge in [-0.25, -0.2) is 0 Å². The van der Waals surface area contributed by atoms with E-state index in [-0.39, 0.29) is 5.41 Å². The van der Waals surface area contributed by atoms with E-state index in [0.717, 1.165) is 17.1 Å². The molecule has 0 saturated heterocycles. The van der Waals surface area contributed by atoms with E-state index in [2.05, 4.69) is 219 Å². The Labute approximate surface area is 327 Å². The van der Waals surface area contributed by atoms with E-state index in [1.165, 1.54) is 87.6 Å². The molecule has 0 atom stereocenters. The predicted octanol–water partition coefficient (Wildman–Crippen LogP) is 15.4. The summed E-state index contributed by atoms with van der Waals surface area (Å²) in [5.74, 6) is 0. The molecule has 0 unspecified atom stereocenters. The van der Waals surface area contributed by atoms with Gasteiger partial charge >= 0.3 is 0 Å². The third-order valence-corrected chi connectivity index (χ3v) is 12.2. The first-order chi connectivity index (χ1) is 27.5. The molecule has 1 heteroatoms. The zero-order valence-corrected chi connectivity index (χ0v) is 31.5. The van der Waals surface area contributed by atoms with Crippen molar-refractivity contribution in [2.45, 2.75) is 19.3 Å². The van der Waals surface area contributed by atoms with Crippen molar-refractivity contribution in [1.82, 2.24) is 0 Å². The van der Waals surface area contributed by atoms with Gasteiger partial charge in [-0.05, 0) is 136 Å². The van der Waals surface area contributed by atoms with Crippen LogP contribution in [0.25, 0.3) is 76.5 Å². The van der Waals surface area contributed by atoms with Gasteiger partial charge in [0.15, 0.2) is 0 Å². The molecule has 0 N–H and O–H groups in total. The summed E-state index contributed by atoms with van der Waals surface area (Å²) in [5.41, 5.74) is 13.5. The SMILES string of the molecule is CC1(C)c2ccccc2-c2ccc(N(c3cccc(-c4ccc5c(ccc6ccccc65)c4)c3)c3cccc(-c4ccc5c(ccc6ccccc65)c4)c3)cc21. The van der Waals surface area contributed by atoms with Crippen LogP contribution < -0.4 is 4.90 Å². The van der Waals surface area contributed by atoms with E-state index in [1.807, 2.05) is 0 Å². The Morgan fingerprint density at radius 2 is 0.768 bits per heavy atom. The Kier molecular flexibility index (Phi) is 7.28. The third kappa shape index (κ3) is 5.16. The van der Waals surface area contributed by atoms with Crippen LogP contribution in [-0.2, 0) is 5.41 Å². The molecule has 0 aromatic heterocycles. The highest BCUT2D eigenvalue weighted by atomic mass is 15.1. The highest BCUT2D eigenvalue weighted by molar-refractivity contribution is 6.09. The molecule has 1 aliphatic rings. The number of fused-ring (bicyclic) bond motifs is 9. The molecule has 0 heterocycles. The van der Waals surface area contributed by atoms with Gasteiger partial charge in [0.25, 0.3) is 0 Å². The Bertz CT molecular complexity index is 3020. The maximum atomic E-state index is 2.44. The van der Waals surface area contributed by atoms with Gasteiger partial charge in [-0.2, -0.15) is 0 Å². The summed E-state index contributed by atoms with van der Waals surface area (Å²) in [4.78, 5) is 2.44. The molecule has 264 valence electrons. The molecule has 0 fully saturated rings. The van der Waals surface area contributed by atoms with E-state index in [4.69, 9.17) is 0 Å². The number of hydrogen-bond acceptors (Lipinski definition) is 1. The summed E-state index contributed by atoms with van der Waals surface area (Å²) in [6.07, 6.45) is 0. The minimum absolute atomic E-state index is 0.109. The van der Waals surface area contributed by atoms with Crippen molar-refractivity contribution in [1.29, 1.82) is 0 Å². The molecule has 10 aromatic rings. The van der Waals surface area contributed by atoms with Gasteiger partial charge in [-0.15, -0.1) is 0 Å². The standard InChI is InChI=1S/C55H39N/c1-55(2)53-20-8-7-19-51(53)52-30-27-46(35-54(52)55)56(44-15-9-13-38(33-44)40-25-28-49-42(31-40)23-21-36-11-3-5-17-47(36)49)45-16-10-14-39(34-45)41-26-29-50-43(32-41)24-22-37-12-4-6-18-48(37)50/h3-35H,1-2H3. The second-order valence-electron chi connectivity index (χ2n) is 15.8. The highest BCUT2D eigenvalue weighted by Gasteiger charge is 2.35. The Hall–Kier alpha value is -6.96. The van der Waals surface area contributed by atoms with Gasteiger partial charge in [-0.3, -0.25) is 0 Å². The minimum Gasteiger partial charge on any atom is -0.310 e. The average molecular weight is 714 g/mol. The van der Waals surface area contributed by atoms with Crippen molar-refractivity contribution in [3.05, 3.63) is 211 Å². The fourth-order valence-electron chi connectivity index (χ4n) is 9.31. The number of hydrogen-bond donors (Lipinski definition) is 0. The zero-order chi connectivity index (χ0) is 37.4. The number of nitrogens with zero attached hydrogens (tertiary/aromatic N) is 1. The lowest BCUT2D eigenvalue weighted by Gasteiger charge is -2.29. The molecule has 0 bridgehead atoms. The summed E-state index contributed by atoms with van der Waals surface area (Å²) in [7, 11) is 0. The third-order valence-electron chi connectivity index (χ3n) is 12.2. The fourth-order valence-corrected chi connectivity index (χ4v) is 9.31. The van der Waals surface area contributed by atoms with Crippen molar-refractivity contribution in [3.63, 3.8) is 0 Å². The lowest BCUT2D eigenvalue weighted by Crippen LogP contribution is -2.16. The van der Waals surface area contributed by atoms with Crippen LogP contribution in [0.5, 0.6) is 0 Å². The van der Waals surface area contributed by atoms with Crippen molar-refractivity contribution < 1.29 is 0 Å². The van der Waals surface area contributed by atoms with Crippen LogP contribution in [0.2, 0.25) is 0 Å². The van der Waals surface area contributed by atoms with Crippen LogP contribution in [0.3, 0.4) is 0 Å². The van der Waals surface area contributed by atoms with Crippen molar-refractivity contribution in [3.8, 4) is 33.4 Å². The van der Waals surface area contributed by atoms with Gasteiger partial charge in [-0.1, -0.05) is 166 Å². The lowest BCUT2D eigenvalue weighted by atomic mass is 9.82. The van der Waals surface area contributed by atoms with Gasteiger partial charge in [0.1, 0.15) is 0 Å². The summed E-state index contributed by atoms with van der Waals surface area (Å²) in [6.45, 7) is 4.72. The van der Waals surface area contributed by atoms with Crippen LogP contribution in [0.1, 0.15) is 25.0 Å². The Morgan fingerprint density at radius 3 is 1.38 bits per heavy atom. The molecule has 56 heavy (non-hydrogen) atoms. The molecule has 11 rings (SSSR count). The van der Waals surface area contributed by atoms with E-state index < -0.39 is 0 Å². The van der Waals surface area contributed by atoms with Crippen molar-refractivity contribution in [2.75, 3.05) is 4.90 Å². The van der Waals surface area contributed by atoms with Crippen LogP contribution in [0.4, 0.5) is 17.1 Å². The van der Waals surface area contributed by atoms with Gasteiger partial charge < -0.3 is 4.90 Å². The quantitative estimate of drug-likeness (QED) is 0.161. The summed E-state index contributed by atoms with van der Waals surface area (Å²) < 4.78 is 0. The average Bonchev–Trinajstić information content (AvgIpc) is 3.48. The van der Waals surface area contributed by atoms with E-state index in [0.29, 0.717) is 0 Å². The summed E-state index contributed by atoms with van der Waals surface area (Å²) in [6, 6.07) is 74.1. The second kappa shape index (κ2) is 12.5. The molecule has 10 aromatic carbocycles. The number of rotatable bonds is 5. The van der Waals surface area contributed by atoms with Crippen molar-refractivity contribution >= 4 is 60.2 Å². The maximum absolute atomic E-state index is 2.44. The van der Waals surface area contributed by atoms with E-state index in [1.54, 1.807) is 0 Å². The molecule has 0 amide bonds. The van der Waals surface area contributed by atoms with Gasteiger partial charge in [0, 0.05) is 22.5 Å². The molecule has 0 spiro atoms. The first kappa shape index (κ1) is 32.5. The zero-order valence-electron chi connectivity index (χ0n) is 31.5. The monoisotopic (exact) mass is 713 g/mol. The lowest BCUT2D eigenvalue weighted by molar-refractivity contribution is 0.660. The summed E-state index contributed by atoms with van der Waals surface area (Å²) in [5, 5.41) is 10.2. The van der Waals surface area contributed by atoms with E-state index in [9.17, 15) is 0 Å². The Balaban J connectivity index is 1.06. The second-order valence-corrected chi connectivity index (χ2v) is 15.8. The maximum Gasteiger partial charge on any atom is 0.0467 e. The van der Waals surface area contributed by atoms with Crippen LogP contribution in [0, 0.1) is 0 Å². The minimum atomic E-state index is -0.109. The van der Waals surface area contributed by atoms with Crippen LogP contribution >= 0.6 is 0 Å². The normalized spacial score (nSPS) is 13.0. The van der Waals surface area contributed by atoms with Crippen LogP contribution in [-0.4, -0.2) is 0 Å². The van der Waals surface area contributed by atoms with Gasteiger partial charge in [0.05, 0.1) is 0 Å². The fraction of sp³-hybridized carbons (Fsp3) is 0.0545. The summed E-state index contributed by atoms with van der Waals surface area (Å²) >= 11 is 0. The molecule has 0 radical (unpaired) electrons. The first-order valence-corrected chi connectivity index (χ1v) is 19.6. The molecular formula is C55H39N. The number of anilines is 3. The highest BCUT2D eigenvalue weighted by Crippen LogP contribution is 2.51. The molecular weight excluding hydrogens is 675 g/mol. The first-order valence-electron chi connectivity index (χ1n) is 19.6. The van der Waals surface area contributed by atoms with E-state index >= 15 is 0 Å². The molecule has 0 saturated carbocycles. The Morgan fingerprint density at radius 1 is 0.304 bits per heavy atom. The topological polar surface area (TPSA) is 3.24 Å². The smallest absolute Gasteiger partial charge is 0.0467 e. The predicted molar refractivity (Wildman–Crippen MR) is 240 cm³/mol. The number of benzene rings is 10. The molecule has 1 nitrogen and oxygen atoms in total. The molecule has 0 aliphatic heterocycles. The molecule has 1 aliphatic carbocycles. The van der Waals surface area contributed by atoms with Crippen LogP contribution in [0.15, 0.2) is 200 Å².